The Hall–Kier alpha value is -0.480. The zero-order valence-electron chi connectivity index (χ0n) is 11.0. The molecule has 1 aliphatic rings. The van der Waals surface area contributed by atoms with Crippen molar-refractivity contribution >= 4 is 0 Å². The molecule has 0 aromatic carbocycles. The Labute approximate surface area is 101 Å². The summed E-state index contributed by atoms with van der Waals surface area (Å²) in [5.41, 5.74) is 0. The Morgan fingerprint density at radius 2 is 2.00 bits per heavy atom. The third-order valence-electron chi connectivity index (χ3n) is 3.93. The van der Waals surface area contributed by atoms with E-state index in [0.29, 0.717) is 6.04 Å². The molecule has 0 amide bonds. The Morgan fingerprint density at radius 1 is 1.31 bits per heavy atom. The fourth-order valence-electron chi connectivity index (χ4n) is 2.88. The summed E-state index contributed by atoms with van der Waals surface area (Å²) in [5, 5.41) is 3.66. The summed E-state index contributed by atoms with van der Waals surface area (Å²) in [6.07, 6.45) is 14.4. The van der Waals surface area contributed by atoms with Crippen molar-refractivity contribution in [3.63, 3.8) is 0 Å². The predicted octanol–water partition coefficient (Wildman–Crippen LogP) is 3.59. The molecule has 0 bridgehead atoms. The fraction of sp³-hybridized carbons (Fsp3) is 0.867. The molecule has 92 valence electrons. The molecule has 16 heavy (non-hydrogen) atoms. The highest BCUT2D eigenvalue weighted by molar-refractivity contribution is 4.86. The van der Waals surface area contributed by atoms with Gasteiger partial charge in [0.25, 0.3) is 0 Å². The average Bonchev–Trinajstić information content (AvgIpc) is 2.29. The van der Waals surface area contributed by atoms with Crippen LogP contribution < -0.4 is 5.32 Å². The van der Waals surface area contributed by atoms with Crippen LogP contribution in [0.1, 0.15) is 58.8 Å². The van der Waals surface area contributed by atoms with Gasteiger partial charge < -0.3 is 5.32 Å². The molecular formula is C15H27N. The number of hydrogen-bond acceptors (Lipinski definition) is 1. The average molecular weight is 221 g/mol. The van der Waals surface area contributed by atoms with Gasteiger partial charge in [0.1, 0.15) is 0 Å². The van der Waals surface area contributed by atoms with Crippen molar-refractivity contribution in [2.45, 2.75) is 64.8 Å². The van der Waals surface area contributed by atoms with Crippen molar-refractivity contribution in [2.75, 3.05) is 6.54 Å². The largest absolute Gasteiger partial charge is 0.314 e. The van der Waals surface area contributed by atoms with Crippen LogP contribution in [0.5, 0.6) is 0 Å². The van der Waals surface area contributed by atoms with Gasteiger partial charge in [0.05, 0.1) is 0 Å². The summed E-state index contributed by atoms with van der Waals surface area (Å²) >= 11 is 0. The monoisotopic (exact) mass is 221 g/mol. The van der Waals surface area contributed by atoms with Gasteiger partial charge >= 0.3 is 0 Å². The van der Waals surface area contributed by atoms with E-state index in [9.17, 15) is 0 Å². The van der Waals surface area contributed by atoms with Crippen LogP contribution in [0.15, 0.2) is 0 Å². The first-order valence-corrected chi connectivity index (χ1v) is 6.94. The van der Waals surface area contributed by atoms with Crippen molar-refractivity contribution < 1.29 is 0 Å². The van der Waals surface area contributed by atoms with Crippen molar-refractivity contribution in [3.05, 3.63) is 0 Å². The van der Waals surface area contributed by atoms with Gasteiger partial charge in [0.2, 0.25) is 0 Å². The Balaban J connectivity index is 2.33. The lowest BCUT2D eigenvalue weighted by atomic mass is 9.78. The molecular weight excluding hydrogens is 194 g/mol. The third kappa shape index (κ3) is 4.58. The Morgan fingerprint density at radius 3 is 2.56 bits per heavy atom. The minimum absolute atomic E-state index is 0.714. The molecule has 0 saturated heterocycles. The number of terminal acetylenes is 1. The molecule has 0 radical (unpaired) electrons. The van der Waals surface area contributed by atoms with E-state index in [-0.39, 0.29) is 0 Å². The van der Waals surface area contributed by atoms with Crippen LogP contribution in [0.4, 0.5) is 0 Å². The highest BCUT2D eigenvalue weighted by atomic mass is 14.9. The van der Waals surface area contributed by atoms with E-state index in [0.717, 1.165) is 24.8 Å². The normalized spacial score (nSPS) is 27.3. The molecule has 1 saturated carbocycles. The quantitative estimate of drug-likeness (QED) is 0.534. The predicted molar refractivity (Wildman–Crippen MR) is 71.3 cm³/mol. The van der Waals surface area contributed by atoms with Gasteiger partial charge in [-0.2, -0.15) is 0 Å². The van der Waals surface area contributed by atoms with Crippen LogP contribution in [-0.2, 0) is 0 Å². The lowest BCUT2D eigenvalue weighted by Gasteiger charge is -2.33. The topological polar surface area (TPSA) is 12.0 Å². The molecule has 0 spiro atoms. The minimum Gasteiger partial charge on any atom is -0.314 e. The lowest BCUT2D eigenvalue weighted by Crippen LogP contribution is -2.37. The highest BCUT2D eigenvalue weighted by Crippen LogP contribution is 2.31. The maximum atomic E-state index is 5.31. The van der Waals surface area contributed by atoms with Gasteiger partial charge in [0, 0.05) is 12.5 Å². The first kappa shape index (κ1) is 13.6. The third-order valence-corrected chi connectivity index (χ3v) is 3.93. The number of hydrogen-bond donors (Lipinski definition) is 1. The maximum Gasteiger partial charge on any atom is 0.00955 e. The van der Waals surface area contributed by atoms with Gasteiger partial charge in [-0.15, -0.1) is 12.3 Å². The van der Waals surface area contributed by atoms with Crippen molar-refractivity contribution in [3.8, 4) is 12.3 Å². The smallest absolute Gasteiger partial charge is 0.00955 e. The Kier molecular flexibility index (Phi) is 6.57. The van der Waals surface area contributed by atoms with Gasteiger partial charge in [-0.05, 0) is 44.1 Å². The second-order valence-electron chi connectivity index (χ2n) is 5.28. The number of nitrogens with one attached hydrogen (secondary N) is 1. The minimum atomic E-state index is 0.714. The summed E-state index contributed by atoms with van der Waals surface area (Å²) in [7, 11) is 0. The summed E-state index contributed by atoms with van der Waals surface area (Å²) in [6.45, 7) is 5.68. The molecule has 1 nitrogen and oxygen atoms in total. The molecule has 1 unspecified atom stereocenters. The summed E-state index contributed by atoms with van der Waals surface area (Å²) in [4.78, 5) is 0. The molecule has 0 aromatic rings. The number of rotatable bonds is 6. The van der Waals surface area contributed by atoms with Gasteiger partial charge in [-0.1, -0.05) is 26.7 Å². The summed E-state index contributed by atoms with van der Waals surface area (Å²) < 4.78 is 0. The molecule has 1 aliphatic carbocycles. The van der Waals surface area contributed by atoms with E-state index in [1.54, 1.807) is 0 Å². The zero-order valence-corrected chi connectivity index (χ0v) is 11.0. The summed E-state index contributed by atoms with van der Waals surface area (Å²) in [6, 6.07) is 0.714. The molecule has 1 N–H and O–H groups in total. The first-order chi connectivity index (χ1) is 7.77. The van der Waals surface area contributed by atoms with E-state index in [1.807, 2.05) is 0 Å². The molecule has 1 heteroatoms. The van der Waals surface area contributed by atoms with E-state index in [1.165, 1.54) is 38.5 Å². The molecule has 0 heterocycles. The number of unbranched alkanes of at least 4 members (excludes halogenated alkanes) is 1. The molecule has 1 atom stereocenters. The molecule has 0 aromatic heterocycles. The highest BCUT2D eigenvalue weighted by Gasteiger charge is 2.24. The van der Waals surface area contributed by atoms with Crippen molar-refractivity contribution in [2.24, 2.45) is 11.8 Å². The van der Waals surface area contributed by atoms with Gasteiger partial charge in [0.15, 0.2) is 0 Å². The molecule has 1 fully saturated rings. The van der Waals surface area contributed by atoms with E-state index in [4.69, 9.17) is 6.42 Å². The molecule has 1 rings (SSSR count). The SMILES string of the molecule is C#CCCCC(NCC)C1CCC(C)CC1. The first-order valence-electron chi connectivity index (χ1n) is 6.94. The zero-order chi connectivity index (χ0) is 11.8. The van der Waals surface area contributed by atoms with E-state index < -0.39 is 0 Å². The van der Waals surface area contributed by atoms with Gasteiger partial charge in [-0.3, -0.25) is 0 Å². The van der Waals surface area contributed by atoms with Crippen LogP contribution in [-0.4, -0.2) is 12.6 Å². The van der Waals surface area contributed by atoms with Crippen LogP contribution in [0.25, 0.3) is 0 Å². The van der Waals surface area contributed by atoms with Crippen molar-refractivity contribution in [1.29, 1.82) is 0 Å². The fourth-order valence-corrected chi connectivity index (χ4v) is 2.88. The Bertz CT molecular complexity index is 208. The second kappa shape index (κ2) is 7.74. The van der Waals surface area contributed by atoms with Crippen LogP contribution >= 0.6 is 0 Å². The van der Waals surface area contributed by atoms with Gasteiger partial charge in [-0.25, -0.2) is 0 Å². The molecule has 0 aliphatic heterocycles. The van der Waals surface area contributed by atoms with Crippen LogP contribution in [0.3, 0.4) is 0 Å². The van der Waals surface area contributed by atoms with Crippen LogP contribution in [0, 0.1) is 24.2 Å². The van der Waals surface area contributed by atoms with E-state index in [2.05, 4.69) is 25.1 Å². The van der Waals surface area contributed by atoms with Crippen LogP contribution in [0.2, 0.25) is 0 Å². The van der Waals surface area contributed by atoms with Crippen molar-refractivity contribution in [1.82, 2.24) is 5.32 Å². The lowest BCUT2D eigenvalue weighted by molar-refractivity contribution is 0.222. The maximum absolute atomic E-state index is 5.31. The standard InChI is InChI=1S/C15H27N/c1-4-6-7-8-15(16-5-2)14-11-9-13(3)10-12-14/h1,13-16H,5-12H2,2-3H3. The van der Waals surface area contributed by atoms with E-state index >= 15 is 0 Å². The summed E-state index contributed by atoms with van der Waals surface area (Å²) in [5.74, 6) is 4.59. The second-order valence-corrected chi connectivity index (χ2v) is 5.28.